The highest BCUT2D eigenvalue weighted by Gasteiger charge is 2.61. The molecule has 0 unspecified atom stereocenters. The van der Waals surface area contributed by atoms with Crippen LogP contribution >= 0.6 is 11.3 Å². The predicted octanol–water partition coefficient (Wildman–Crippen LogP) is 2.90. The number of anilines is 1. The number of rotatable bonds is 3. The highest BCUT2D eigenvalue weighted by atomic mass is 32.1. The Labute approximate surface area is 156 Å². The highest BCUT2D eigenvalue weighted by Crippen LogP contribution is 2.57. The van der Waals surface area contributed by atoms with Crippen LogP contribution in [0.3, 0.4) is 0 Å². The van der Waals surface area contributed by atoms with E-state index in [1.807, 2.05) is 0 Å². The molecule has 138 valence electrons. The lowest BCUT2D eigenvalue weighted by atomic mass is 9.81. The SMILES string of the molecule is CC[C@H]1CCc2c(sc(N3C(=O)[C@H]4[C@@H]5CC[C@@H](C5)[C@@H]4C3=O)c2C(N)=O)C1. The summed E-state index contributed by atoms with van der Waals surface area (Å²) in [5, 5.41) is 0.517. The van der Waals surface area contributed by atoms with Crippen molar-refractivity contribution in [2.24, 2.45) is 35.3 Å². The van der Waals surface area contributed by atoms with E-state index in [4.69, 9.17) is 5.73 Å². The van der Waals surface area contributed by atoms with Crippen LogP contribution in [0.4, 0.5) is 5.00 Å². The van der Waals surface area contributed by atoms with E-state index >= 15 is 0 Å². The molecule has 5 rings (SSSR count). The maximum atomic E-state index is 13.2. The molecule has 0 radical (unpaired) electrons. The van der Waals surface area contributed by atoms with Crippen molar-refractivity contribution in [1.29, 1.82) is 0 Å². The zero-order valence-electron chi connectivity index (χ0n) is 15.0. The number of carbonyl (C=O) groups excluding carboxylic acids is 3. The molecule has 3 amide bonds. The largest absolute Gasteiger partial charge is 0.365 e. The van der Waals surface area contributed by atoms with Gasteiger partial charge >= 0.3 is 0 Å². The number of fused-ring (bicyclic) bond motifs is 6. The summed E-state index contributed by atoms with van der Waals surface area (Å²) in [5.41, 5.74) is 7.14. The first kappa shape index (κ1) is 16.5. The van der Waals surface area contributed by atoms with Gasteiger partial charge in [-0.25, -0.2) is 4.90 Å². The van der Waals surface area contributed by atoms with Crippen LogP contribution in [-0.4, -0.2) is 17.7 Å². The van der Waals surface area contributed by atoms with Gasteiger partial charge in [-0.2, -0.15) is 0 Å². The van der Waals surface area contributed by atoms with Gasteiger partial charge in [-0.05, 0) is 61.8 Å². The standard InChI is InChI=1S/C20H24N2O3S/c1-2-9-3-6-12-13(7-9)26-20(16(12)17(21)23)22-18(24)14-10-4-5-11(8-10)15(14)19(22)25/h9-11,14-15H,2-8H2,1H3,(H2,21,23)/t9-,10-,11+,14-,15-/m0/s1. The quantitative estimate of drug-likeness (QED) is 0.829. The second kappa shape index (κ2) is 5.65. The zero-order valence-corrected chi connectivity index (χ0v) is 15.8. The van der Waals surface area contributed by atoms with Crippen LogP contribution in [0.25, 0.3) is 0 Å². The first-order valence-electron chi connectivity index (χ1n) is 9.83. The Morgan fingerprint density at radius 2 is 1.81 bits per heavy atom. The lowest BCUT2D eigenvalue weighted by molar-refractivity contribution is -0.123. The van der Waals surface area contributed by atoms with Gasteiger partial charge in [0.2, 0.25) is 11.8 Å². The number of hydrogen-bond donors (Lipinski definition) is 1. The summed E-state index contributed by atoms with van der Waals surface area (Å²) in [7, 11) is 0. The van der Waals surface area contributed by atoms with Crippen molar-refractivity contribution in [3.63, 3.8) is 0 Å². The van der Waals surface area contributed by atoms with E-state index in [9.17, 15) is 14.4 Å². The van der Waals surface area contributed by atoms with E-state index in [1.54, 1.807) is 0 Å². The molecular formula is C20H24N2O3S. The molecule has 6 heteroatoms. The van der Waals surface area contributed by atoms with Gasteiger partial charge in [0.15, 0.2) is 0 Å². The minimum absolute atomic E-state index is 0.0830. The average Bonchev–Trinajstić information content (AvgIpc) is 3.35. The fourth-order valence-electron chi connectivity index (χ4n) is 6.01. The summed E-state index contributed by atoms with van der Waals surface area (Å²) < 4.78 is 0. The van der Waals surface area contributed by atoms with Crippen LogP contribution in [-0.2, 0) is 22.4 Å². The third kappa shape index (κ3) is 2.05. The van der Waals surface area contributed by atoms with Crippen LogP contribution in [0.15, 0.2) is 0 Å². The summed E-state index contributed by atoms with van der Waals surface area (Å²) in [6.07, 6.45) is 7.01. The monoisotopic (exact) mass is 372 g/mol. The topological polar surface area (TPSA) is 80.5 Å². The lowest BCUT2D eigenvalue weighted by Crippen LogP contribution is -2.33. The number of primary amides is 1. The average molecular weight is 372 g/mol. The number of thiophene rings is 1. The second-order valence-electron chi connectivity index (χ2n) is 8.46. The van der Waals surface area contributed by atoms with Crippen molar-refractivity contribution in [3.8, 4) is 0 Å². The number of nitrogens with two attached hydrogens (primary N) is 1. The van der Waals surface area contributed by atoms with E-state index in [0.717, 1.165) is 55.4 Å². The van der Waals surface area contributed by atoms with Gasteiger partial charge in [-0.15, -0.1) is 11.3 Å². The summed E-state index contributed by atoms with van der Waals surface area (Å²) in [4.78, 5) is 41.1. The number of hydrogen-bond acceptors (Lipinski definition) is 4. The van der Waals surface area contributed by atoms with E-state index in [1.165, 1.54) is 16.2 Å². The molecule has 26 heavy (non-hydrogen) atoms. The van der Waals surface area contributed by atoms with Gasteiger partial charge in [0.1, 0.15) is 5.00 Å². The van der Waals surface area contributed by atoms with E-state index in [-0.39, 0.29) is 23.7 Å². The summed E-state index contributed by atoms with van der Waals surface area (Å²) in [6.45, 7) is 2.18. The van der Waals surface area contributed by atoms with Gasteiger partial charge in [0.25, 0.3) is 5.91 Å². The molecule has 2 heterocycles. The number of imide groups is 1. The van der Waals surface area contributed by atoms with Crippen LogP contribution in [0.5, 0.6) is 0 Å². The van der Waals surface area contributed by atoms with E-state index in [2.05, 4.69) is 6.92 Å². The van der Waals surface area contributed by atoms with Crippen molar-refractivity contribution in [3.05, 3.63) is 16.0 Å². The Morgan fingerprint density at radius 3 is 2.38 bits per heavy atom. The molecule has 1 aromatic heterocycles. The minimum Gasteiger partial charge on any atom is -0.365 e. The molecule has 1 aromatic rings. The van der Waals surface area contributed by atoms with Crippen molar-refractivity contribution in [2.75, 3.05) is 4.90 Å². The molecule has 2 N–H and O–H groups in total. The summed E-state index contributed by atoms with van der Waals surface area (Å²) >= 11 is 1.46. The van der Waals surface area contributed by atoms with Gasteiger partial charge in [0.05, 0.1) is 17.4 Å². The van der Waals surface area contributed by atoms with Crippen LogP contribution in [0.1, 0.15) is 59.8 Å². The zero-order chi connectivity index (χ0) is 18.2. The van der Waals surface area contributed by atoms with E-state index < -0.39 is 5.91 Å². The normalized spacial score (nSPS) is 35.1. The highest BCUT2D eigenvalue weighted by molar-refractivity contribution is 7.17. The van der Waals surface area contributed by atoms with Crippen molar-refractivity contribution >= 4 is 34.1 Å². The molecule has 3 fully saturated rings. The molecule has 2 saturated carbocycles. The molecule has 0 spiro atoms. The number of nitrogens with zero attached hydrogens (tertiary/aromatic N) is 1. The van der Waals surface area contributed by atoms with Crippen molar-refractivity contribution < 1.29 is 14.4 Å². The molecule has 1 aliphatic heterocycles. The third-order valence-corrected chi connectivity index (χ3v) is 8.54. The van der Waals surface area contributed by atoms with Gasteiger partial charge < -0.3 is 5.73 Å². The Morgan fingerprint density at radius 1 is 1.15 bits per heavy atom. The summed E-state index contributed by atoms with van der Waals surface area (Å²) in [6, 6.07) is 0. The van der Waals surface area contributed by atoms with Crippen LogP contribution in [0.2, 0.25) is 0 Å². The van der Waals surface area contributed by atoms with Crippen molar-refractivity contribution in [1.82, 2.24) is 0 Å². The molecule has 2 bridgehead atoms. The first-order chi connectivity index (χ1) is 12.5. The molecule has 0 aromatic carbocycles. The number of carbonyl (C=O) groups is 3. The van der Waals surface area contributed by atoms with Gasteiger partial charge in [-0.1, -0.05) is 13.3 Å². The third-order valence-electron chi connectivity index (χ3n) is 7.30. The number of amides is 3. The Bertz CT molecular complexity index is 801. The Kier molecular flexibility index (Phi) is 3.58. The maximum absolute atomic E-state index is 13.2. The lowest BCUT2D eigenvalue weighted by Gasteiger charge is -2.20. The maximum Gasteiger partial charge on any atom is 0.252 e. The van der Waals surface area contributed by atoms with Crippen LogP contribution in [0, 0.1) is 29.6 Å². The molecule has 3 aliphatic carbocycles. The smallest absolute Gasteiger partial charge is 0.252 e. The van der Waals surface area contributed by atoms with Gasteiger partial charge in [-0.3, -0.25) is 14.4 Å². The van der Waals surface area contributed by atoms with Gasteiger partial charge in [0, 0.05) is 4.88 Å². The fourth-order valence-corrected chi connectivity index (χ4v) is 7.49. The predicted molar refractivity (Wildman–Crippen MR) is 98.9 cm³/mol. The molecule has 5 nitrogen and oxygen atoms in total. The van der Waals surface area contributed by atoms with Crippen molar-refractivity contribution in [2.45, 2.75) is 51.9 Å². The fraction of sp³-hybridized carbons (Fsp3) is 0.650. The minimum atomic E-state index is -0.506. The molecular weight excluding hydrogens is 348 g/mol. The van der Waals surface area contributed by atoms with E-state index in [0.29, 0.717) is 28.3 Å². The second-order valence-corrected chi connectivity index (χ2v) is 9.55. The summed E-state index contributed by atoms with van der Waals surface area (Å²) in [5.74, 6) is 0.308. The Hall–Kier alpha value is -1.69. The first-order valence-corrected chi connectivity index (χ1v) is 10.6. The molecule has 4 aliphatic rings. The van der Waals surface area contributed by atoms with Crippen LogP contribution < -0.4 is 10.6 Å². The Balaban J connectivity index is 1.58. The molecule has 5 atom stereocenters. The molecule has 1 saturated heterocycles.